The molecular weight excluding hydrogens is 412 g/mol. The Morgan fingerprint density at radius 3 is 2.15 bits per heavy atom. The summed E-state index contributed by atoms with van der Waals surface area (Å²) in [4.78, 5) is 27.7. The summed E-state index contributed by atoms with van der Waals surface area (Å²) in [6.07, 6.45) is 9.84. The van der Waals surface area contributed by atoms with Gasteiger partial charge in [0.25, 0.3) is 5.91 Å². The highest BCUT2D eigenvalue weighted by Crippen LogP contribution is 2.60. The Morgan fingerprint density at radius 1 is 1.03 bits per heavy atom. The van der Waals surface area contributed by atoms with Gasteiger partial charge in [-0.05, 0) is 97.4 Å². The van der Waals surface area contributed by atoms with Crippen molar-refractivity contribution in [3.05, 3.63) is 59.5 Å². The number of hydrogen-bond donors (Lipinski definition) is 1. The van der Waals surface area contributed by atoms with Crippen molar-refractivity contribution in [3.8, 4) is 0 Å². The summed E-state index contributed by atoms with van der Waals surface area (Å²) in [5.41, 5.74) is 2.36. The predicted octanol–water partition coefficient (Wildman–Crippen LogP) is 5.16. The van der Waals surface area contributed by atoms with E-state index in [4.69, 9.17) is 4.42 Å². The molecule has 0 aliphatic heterocycles. The van der Waals surface area contributed by atoms with Gasteiger partial charge in [0, 0.05) is 12.6 Å². The lowest BCUT2D eigenvalue weighted by Gasteiger charge is -2.57. The highest BCUT2D eigenvalue weighted by molar-refractivity contribution is 5.97. The van der Waals surface area contributed by atoms with Crippen molar-refractivity contribution in [2.75, 3.05) is 7.05 Å². The Bertz CT molecular complexity index is 957. The minimum atomic E-state index is -0.583. The number of amides is 2. The third kappa shape index (κ3) is 4.34. The first-order valence-electron chi connectivity index (χ1n) is 12.5. The van der Waals surface area contributed by atoms with Crippen LogP contribution >= 0.6 is 0 Å². The standard InChI is InChI=1S/C28H36N2O3/c1-18(2)25(27(32)30(3)17-24-5-4-10-33-24)29-26(31)22-6-8-23(9-7-22)28-14-19-11-20(15-28)13-21(12-19)16-28/h4-10,18-21,25H,11-17H2,1-3H3,(H,29,31)/t19?,20?,21?,25-,28?/m0/s1. The van der Waals surface area contributed by atoms with Crippen LogP contribution in [-0.2, 0) is 16.8 Å². The number of nitrogens with zero attached hydrogens (tertiary/aromatic N) is 1. The van der Waals surface area contributed by atoms with Crippen LogP contribution in [0.4, 0.5) is 0 Å². The molecule has 176 valence electrons. The third-order valence-electron chi connectivity index (χ3n) is 8.37. The molecule has 6 rings (SSSR count). The number of carbonyl (C=O) groups excluding carboxylic acids is 2. The van der Waals surface area contributed by atoms with Gasteiger partial charge >= 0.3 is 0 Å². The number of hydrogen-bond acceptors (Lipinski definition) is 3. The largest absolute Gasteiger partial charge is 0.467 e. The third-order valence-corrected chi connectivity index (χ3v) is 8.37. The Hall–Kier alpha value is -2.56. The Labute approximate surface area is 196 Å². The Balaban J connectivity index is 1.26. The molecule has 4 aliphatic carbocycles. The molecule has 0 spiro atoms. The maximum Gasteiger partial charge on any atom is 0.251 e. The van der Waals surface area contributed by atoms with E-state index in [1.165, 1.54) is 44.1 Å². The number of nitrogens with one attached hydrogen (secondary N) is 1. The predicted molar refractivity (Wildman–Crippen MR) is 128 cm³/mol. The summed E-state index contributed by atoms with van der Waals surface area (Å²) in [5, 5.41) is 2.99. The molecular formula is C28H36N2O3. The quantitative estimate of drug-likeness (QED) is 0.636. The summed E-state index contributed by atoms with van der Waals surface area (Å²) in [5.74, 6) is 3.10. The molecule has 2 amide bonds. The van der Waals surface area contributed by atoms with E-state index in [1.54, 1.807) is 18.2 Å². The number of benzene rings is 1. The minimum absolute atomic E-state index is 0.0215. The summed E-state index contributed by atoms with van der Waals surface area (Å²) >= 11 is 0. The van der Waals surface area contributed by atoms with Gasteiger partial charge in [0.05, 0.1) is 12.8 Å². The van der Waals surface area contributed by atoms with Crippen LogP contribution in [0.5, 0.6) is 0 Å². The number of carbonyl (C=O) groups is 2. The van der Waals surface area contributed by atoms with Crippen LogP contribution < -0.4 is 5.32 Å². The SMILES string of the molecule is CC(C)[C@H](NC(=O)c1ccc(C23CC4CC(CC(C4)C2)C3)cc1)C(=O)N(C)Cc1ccco1. The van der Waals surface area contributed by atoms with Crippen LogP contribution in [0.2, 0.25) is 0 Å². The van der Waals surface area contributed by atoms with Crippen LogP contribution in [0.1, 0.15) is 74.1 Å². The van der Waals surface area contributed by atoms with Crippen molar-refractivity contribution in [1.82, 2.24) is 10.2 Å². The second-order valence-corrected chi connectivity index (χ2v) is 11.2. The number of furan rings is 1. The van der Waals surface area contributed by atoms with Gasteiger partial charge in [0.1, 0.15) is 11.8 Å². The summed E-state index contributed by atoms with van der Waals surface area (Å²) < 4.78 is 5.36. The van der Waals surface area contributed by atoms with Crippen LogP contribution in [0.3, 0.4) is 0 Å². The van der Waals surface area contributed by atoms with E-state index in [2.05, 4.69) is 17.4 Å². The van der Waals surface area contributed by atoms with Crippen LogP contribution in [0.15, 0.2) is 47.1 Å². The van der Waals surface area contributed by atoms with Crippen molar-refractivity contribution in [1.29, 1.82) is 0 Å². The molecule has 5 heteroatoms. The fourth-order valence-electron chi connectivity index (χ4n) is 7.13. The molecule has 2 aromatic rings. The molecule has 4 fully saturated rings. The average molecular weight is 449 g/mol. The topological polar surface area (TPSA) is 62.6 Å². The molecule has 0 unspecified atom stereocenters. The molecule has 1 N–H and O–H groups in total. The Morgan fingerprint density at radius 2 is 1.64 bits per heavy atom. The highest BCUT2D eigenvalue weighted by atomic mass is 16.3. The summed E-state index contributed by atoms with van der Waals surface area (Å²) in [7, 11) is 1.74. The zero-order chi connectivity index (χ0) is 23.2. The maximum absolute atomic E-state index is 13.1. The zero-order valence-electron chi connectivity index (χ0n) is 20.0. The van der Waals surface area contributed by atoms with E-state index in [-0.39, 0.29) is 17.7 Å². The first kappa shape index (κ1) is 22.2. The van der Waals surface area contributed by atoms with Crippen LogP contribution in [0.25, 0.3) is 0 Å². The lowest BCUT2D eigenvalue weighted by molar-refractivity contribution is -0.133. The second kappa shape index (κ2) is 8.66. The Kier molecular flexibility index (Phi) is 5.84. The van der Waals surface area contributed by atoms with E-state index in [9.17, 15) is 9.59 Å². The first-order valence-corrected chi connectivity index (χ1v) is 12.5. The number of likely N-dealkylation sites (N-methyl/N-ethyl adjacent to an activating group) is 1. The fourth-order valence-corrected chi connectivity index (χ4v) is 7.13. The van der Waals surface area contributed by atoms with Crippen molar-refractivity contribution in [3.63, 3.8) is 0 Å². The molecule has 4 saturated carbocycles. The van der Waals surface area contributed by atoms with Crippen molar-refractivity contribution in [2.24, 2.45) is 23.7 Å². The van der Waals surface area contributed by atoms with E-state index in [1.807, 2.05) is 38.1 Å². The first-order chi connectivity index (χ1) is 15.8. The van der Waals surface area contributed by atoms with Gasteiger partial charge in [-0.15, -0.1) is 0 Å². The molecule has 33 heavy (non-hydrogen) atoms. The summed E-state index contributed by atoms with van der Waals surface area (Å²) in [6, 6.07) is 11.3. The van der Waals surface area contributed by atoms with Crippen LogP contribution in [0, 0.1) is 23.7 Å². The molecule has 4 bridgehead atoms. The molecule has 1 atom stereocenters. The molecule has 4 aliphatic rings. The molecule has 5 nitrogen and oxygen atoms in total. The van der Waals surface area contributed by atoms with Gasteiger partial charge in [0.15, 0.2) is 0 Å². The molecule has 1 aromatic carbocycles. The smallest absolute Gasteiger partial charge is 0.251 e. The van der Waals surface area contributed by atoms with E-state index in [0.29, 0.717) is 17.5 Å². The van der Waals surface area contributed by atoms with Gasteiger partial charge in [-0.1, -0.05) is 26.0 Å². The van der Waals surface area contributed by atoms with Crippen molar-refractivity contribution >= 4 is 11.8 Å². The minimum Gasteiger partial charge on any atom is -0.467 e. The van der Waals surface area contributed by atoms with Crippen molar-refractivity contribution in [2.45, 2.75) is 70.4 Å². The lowest BCUT2D eigenvalue weighted by Crippen LogP contribution is -2.50. The molecule has 1 aromatic heterocycles. The lowest BCUT2D eigenvalue weighted by atomic mass is 9.48. The van der Waals surface area contributed by atoms with Gasteiger partial charge in [-0.3, -0.25) is 9.59 Å². The molecule has 1 heterocycles. The van der Waals surface area contributed by atoms with E-state index >= 15 is 0 Å². The normalized spacial score (nSPS) is 28.7. The van der Waals surface area contributed by atoms with Crippen LogP contribution in [-0.4, -0.2) is 29.8 Å². The van der Waals surface area contributed by atoms with E-state index in [0.717, 1.165) is 23.5 Å². The van der Waals surface area contributed by atoms with Gasteiger partial charge in [-0.25, -0.2) is 0 Å². The molecule has 0 radical (unpaired) electrons. The zero-order valence-corrected chi connectivity index (χ0v) is 20.0. The van der Waals surface area contributed by atoms with Gasteiger partial charge in [0.2, 0.25) is 5.91 Å². The van der Waals surface area contributed by atoms with Gasteiger partial charge in [-0.2, -0.15) is 0 Å². The van der Waals surface area contributed by atoms with E-state index < -0.39 is 6.04 Å². The maximum atomic E-state index is 13.1. The second-order valence-electron chi connectivity index (χ2n) is 11.2. The highest BCUT2D eigenvalue weighted by Gasteiger charge is 2.51. The fraction of sp³-hybridized carbons (Fsp3) is 0.571. The average Bonchev–Trinajstić information content (AvgIpc) is 3.29. The van der Waals surface area contributed by atoms with Gasteiger partial charge < -0.3 is 14.6 Å². The monoisotopic (exact) mass is 448 g/mol. The number of rotatable bonds is 7. The van der Waals surface area contributed by atoms with Crippen molar-refractivity contribution < 1.29 is 14.0 Å². The summed E-state index contributed by atoms with van der Waals surface area (Å²) in [6.45, 7) is 4.30. The molecule has 0 saturated heterocycles.